The molecule has 122 valence electrons. The van der Waals surface area contributed by atoms with Crippen molar-refractivity contribution in [2.45, 2.75) is 25.3 Å². The minimum Gasteiger partial charge on any atom is -0.299 e. The Balaban J connectivity index is 2.32. The van der Waals surface area contributed by atoms with Crippen LogP contribution in [0.3, 0.4) is 0 Å². The minimum absolute atomic E-state index is 0.0977. The first-order valence-corrected chi connectivity index (χ1v) is 8.60. The van der Waals surface area contributed by atoms with Gasteiger partial charge < -0.3 is 0 Å². The SMILES string of the molecule is CCC(CC=Cc1ccccc1)(c1ccc(Cl)c(Cl)c1)N(C)C. The zero-order valence-electron chi connectivity index (χ0n) is 13.9. The van der Waals surface area contributed by atoms with Crippen LogP contribution in [-0.2, 0) is 5.54 Å². The Labute approximate surface area is 149 Å². The molecule has 0 saturated heterocycles. The van der Waals surface area contributed by atoms with Crippen LogP contribution in [0.4, 0.5) is 0 Å². The van der Waals surface area contributed by atoms with Gasteiger partial charge in [0.25, 0.3) is 0 Å². The molecule has 0 spiro atoms. The zero-order chi connectivity index (χ0) is 16.9. The molecule has 0 bridgehead atoms. The van der Waals surface area contributed by atoms with Crippen molar-refractivity contribution in [1.82, 2.24) is 4.90 Å². The van der Waals surface area contributed by atoms with Crippen LogP contribution >= 0.6 is 23.2 Å². The predicted molar refractivity (Wildman–Crippen MR) is 102 cm³/mol. The van der Waals surface area contributed by atoms with Gasteiger partial charge in [-0.2, -0.15) is 0 Å². The largest absolute Gasteiger partial charge is 0.299 e. The Bertz CT molecular complexity index is 665. The van der Waals surface area contributed by atoms with Crippen LogP contribution in [0.15, 0.2) is 54.6 Å². The van der Waals surface area contributed by atoms with Crippen LogP contribution in [0, 0.1) is 0 Å². The van der Waals surface area contributed by atoms with Crippen LogP contribution in [0.2, 0.25) is 10.0 Å². The Hall–Kier alpha value is -1.28. The second-order valence-electron chi connectivity index (χ2n) is 5.93. The lowest BCUT2D eigenvalue weighted by Gasteiger charge is -2.39. The van der Waals surface area contributed by atoms with E-state index in [1.54, 1.807) is 0 Å². The van der Waals surface area contributed by atoms with Crippen molar-refractivity contribution in [3.8, 4) is 0 Å². The lowest BCUT2D eigenvalue weighted by atomic mass is 9.82. The van der Waals surface area contributed by atoms with E-state index in [1.165, 1.54) is 11.1 Å². The second-order valence-corrected chi connectivity index (χ2v) is 6.74. The van der Waals surface area contributed by atoms with Crippen LogP contribution < -0.4 is 0 Å². The van der Waals surface area contributed by atoms with Gasteiger partial charge in [0.1, 0.15) is 0 Å². The van der Waals surface area contributed by atoms with Crippen LogP contribution in [0.25, 0.3) is 6.08 Å². The third-order valence-electron chi connectivity index (χ3n) is 4.46. The molecular formula is C20H23Cl2N. The van der Waals surface area contributed by atoms with Gasteiger partial charge in [0.2, 0.25) is 0 Å². The molecule has 0 heterocycles. The van der Waals surface area contributed by atoms with Gasteiger partial charge in [0.05, 0.1) is 10.0 Å². The third-order valence-corrected chi connectivity index (χ3v) is 5.20. The molecule has 0 aliphatic carbocycles. The summed E-state index contributed by atoms with van der Waals surface area (Å²) in [7, 11) is 4.23. The van der Waals surface area contributed by atoms with Crippen LogP contribution in [0.1, 0.15) is 30.9 Å². The zero-order valence-corrected chi connectivity index (χ0v) is 15.4. The Morgan fingerprint density at radius 3 is 2.26 bits per heavy atom. The van der Waals surface area contributed by atoms with E-state index >= 15 is 0 Å². The van der Waals surface area contributed by atoms with Crippen LogP contribution in [-0.4, -0.2) is 19.0 Å². The molecule has 0 fully saturated rings. The van der Waals surface area contributed by atoms with Gasteiger partial charge >= 0.3 is 0 Å². The van der Waals surface area contributed by atoms with Crippen molar-refractivity contribution in [2.75, 3.05) is 14.1 Å². The molecule has 2 aromatic carbocycles. The molecule has 2 rings (SSSR count). The fraction of sp³-hybridized carbons (Fsp3) is 0.300. The summed E-state index contributed by atoms with van der Waals surface area (Å²) < 4.78 is 0. The fourth-order valence-electron chi connectivity index (χ4n) is 2.96. The van der Waals surface area contributed by atoms with Gasteiger partial charge in [-0.25, -0.2) is 0 Å². The van der Waals surface area contributed by atoms with E-state index in [4.69, 9.17) is 23.2 Å². The van der Waals surface area contributed by atoms with Gasteiger partial charge in [-0.1, -0.05) is 78.7 Å². The van der Waals surface area contributed by atoms with E-state index < -0.39 is 0 Å². The lowest BCUT2D eigenvalue weighted by Crippen LogP contribution is -2.40. The van der Waals surface area contributed by atoms with Gasteiger partial charge in [0, 0.05) is 5.54 Å². The van der Waals surface area contributed by atoms with E-state index in [0.717, 1.165) is 12.8 Å². The summed E-state index contributed by atoms with van der Waals surface area (Å²) in [5.41, 5.74) is 2.31. The molecule has 1 unspecified atom stereocenters. The van der Waals surface area contributed by atoms with Crippen molar-refractivity contribution in [3.63, 3.8) is 0 Å². The van der Waals surface area contributed by atoms with E-state index in [-0.39, 0.29) is 5.54 Å². The van der Waals surface area contributed by atoms with E-state index in [0.29, 0.717) is 10.0 Å². The minimum atomic E-state index is -0.0977. The first-order chi connectivity index (χ1) is 11.0. The maximum atomic E-state index is 6.24. The standard InChI is InChI=1S/C20H23Cl2N/c1-4-20(23(2)3,17-12-13-18(21)19(22)15-17)14-8-11-16-9-6-5-7-10-16/h5-13,15H,4,14H2,1-3H3. The highest BCUT2D eigenvalue weighted by molar-refractivity contribution is 6.42. The maximum absolute atomic E-state index is 6.24. The third kappa shape index (κ3) is 4.17. The molecule has 23 heavy (non-hydrogen) atoms. The fourth-order valence-corrected chi connectivity index (χ4v) is 3.26. The molecule has 0 saturated carbocycles. The number of hydrogen-bond acceptors (Lipinski definition) is 1. The number of hydrogen-bond donors (Lipinski definition) is 0. The summed E-state index contributed by atoms with van der Waals surface area (Å²) in [6.07, 6.45) is 6.30. The number of nitrogens with zero attached hydrogens (tertiary/aromatic N) is 1. The van der Waals surface area contributed by atoms with Gasteiger partial charge in [-0.3, -0.25) is 4.90 Å². The van der Waals surface area contributed by atoms with E-state index in [1.807, 2.05) is 18.2 Å². The van der Waals surface area contributed by atoms with Crippen molar-refractivity contribution in [2.24, 2.45) is 0 Å². The summed E-state index contributed by atoms with van der Waals surface area (Å²) in [5.74, 6) is 0. The Kier molecular flexibility index (Phi) is 6.29. The highest BCUT2D eigenvalue weighted by Gasteiger charge is 2.32. The van der Waals surface area contributed by atoms with Crippen molar-refractivity contribution < 1.29 is 0 Å². The second kappa shape index (κ2) is 8.01. The molecule has 3 heteroatoms. The van der Waals surface area contributed by atoms with Gasteiger partial charge in [0.15, 0.2) is 0 Å². The van der Waals surface area contributed by atoms with E-state index in [2.05, 4.69) is 68.4 Å². The first kappa shape index (κ1) is 18.1. The molecular weight excluding hydrogens is 325 g/mol. The summed E-state index contributed by atoms with van der Waals surface area (Å²) >= 11 is 12.3. The molecule has 1 nitrogen and oxygen atoms in total. The van der Waals surface area contributed by atoms with Crippen molar-refractivity contribution >= 4 is 29.3 Å². The highest BCUT2D eigenvalue weighted by Crippen LogP contribution is 2.37. The number of benzene rings is 2. The smallest absolute Gasteiger partial charge is 0.0595 e. The normalized spacial score (nSPS) is 14.3. The Morgan fingerprint density at radius 1 is 1.00 bits per heavy atom. The Morgan fingerprint density at radius 2 is 1.70 bits per heavy atom. The van der Waals surface area contributed by atoms with Gasteiger partial charge in [-0.15, -0.1) is 0 Å². The molecule has 0 aliphatic heterocycles. The number of rotatable bonds is 6. The molecule has 2 aromatic rings. The lowest BCUT2D eigenvalue weighted by molar-refractivity contribution is 0.148. The van der Waals surface area contributed by atoms with Crippen molar-refractivity contribution in [1.29, 1.82) is 0 Å². The van der Waals surface area contributed by atoms with Crippen LogP contribution in [0.5, 0.6) is 0 Å². The van der Waals surface area contributed by atoms with Crippen molar-refractivity contribution in [3.05, 3.63) is 75.8 Å². The van der Waals surface area contributed by atoms with E-state index in [9.17, 15) is 0 Å². The first-order valence-electron chi connectivity index (χ1n) is 7.84. The quantitative estimate of drug-likeness (QED) is 0.595. The van der Waals surface area contributed by atoms with Gasteiger partial charge in [-0.05, 0) is 50.2 Å². The number of halogens is 2. The summed E-state index contributed by atoms with van der Waals surface area (Å²) in [4.78, 5) is 2.27. The molecule has 0 aromatic heterocycles. The summed E-state index contributed by atoms with van der Waals surface area (Å²) in [5, 5.41) is 1.20. The average molecular weight is 348 g/mol. The average Bonchev–Trinajstić information content (AvgIpc) is 2.55. The molecule has 1 atom stereocenters. The summed E-state index contributed by atoms with van der Waals surface area (Å²) in [6, 6.07) is 16.3. The molecule has 0 N–H and O–H groups in total. The summed E-state index contributed by atoms with van der Waals surface area (Å²) in [6.45, 7) is 2.21. The molecule has 0 radical (unpaired) electrons. The maximum Gasteiger partial charge on any atom is 0.0595 e. The highest BCUT2D eigenvalue weighted by atomic mass is 35.5. The molecule has 0 aliphatic rings. The predicted octanol–water partition coefficient (Wildman–Crippen LogP) is 6.26. The molecule has 0 amide bonds. The monoisotopic (exact) mass is 347 g/mol. The topological polar surface area (TPSA) is 3.24 Å².